The average Bonchev–Trinajstić information content (AvgIpc) is 2.83. The van der Waals surface area contributed by atoms with Gasteiger partial charge in [-0.05, 0) is 17.7 Å². The Morgan fingerprint density at radius 1 is 1.38 bits per heavy atom. The zero-order chi connectivity index (χ0) is 11.4. The number of benzene rings is 1. The van der Waals surface area contributed by atoms with Crippen LogP contribution in [-0.4, -0.2) is 16.0 Å². The molecule has 1 aromatic carbocycles. The molecule has 0 aliphatic heterocycles. The average molecular weight is 234 g/mol. The van der Waals surface area contributed by atoms with E-state index in [2.05, 4.69) is 10.3 Å². The number of thiazole rings is 1. The molecule has 5 heteroatoms. The molecule has 16 heavy (non-hydrogen) atoms. The van der Waals surface area contributed by atoms with E-state index in [1.54, 1.807) is 29.8 Å². The smallest absolute Gasteiger partial charge is 0.267 e. The Labute approximate surface area is 96.6 Å². The lowest BCUT2D eigenvalue weighted by Gasteiger charge is -2.03. The van der Waals surface area contributed by atoms with Gasteiger partial charge in [0, 0.05) is 5.69 Å². The molecule has 0 aliphatic rings. The highest BCUT2D eigenvalue weighted by atomic mass is 32.1. The van der Waals surface area contributed by atoms with Crippen LogP contribution >= 0.6 is 11.3 Å². The molecule has 1 aromatic heterocycles. The van der Waals surface area contributed by atoms with Crippen LogP contribution in [0.2, 0.25) is 0 Å². The van der Waals surface area contributed by atoms with Crippen LogP contribution in [0.4, 0.5) is 5.69 Å². The first-order valence-electron chi connectivity index (χ1n) is 4.69. The van der Waals surface area contributed by atoms with Crippen molar-refractivity contribution in [1.29, 1.82) is 0 Å². The Hall–Kier alpha value is -1.72. The molecule has 0 atom stereocenters. The van der Waals surface area contributed by atoms with Crippen molar-refractivity contribution in [2.75, 3.05) is 5.32 Å². The number of hydrogen-bond acceptors (Lipinski definition) is 4. The van der Waals surface area contributed by atoms with E-state index >= 15 is 0 Å². The third-order valence-corrected chi connectivity index (χ3v) is 2.82. The Balaban J connectivity index is 2.06. The zero-order valence-electron chi connectivity index (χ0n) is 8.38. The predicted molar refractivity (Wildman–Crippen MR) is 62.4 cm³/mol. The summed E-state index contributed by atoms with van der Waals surface area (Å²) in [5.41, 5.74) is 3.13. The van der Waals surface area contributed by atoms with Gasteiger partial charge in [0.05, 0.1) is 18.3 Å². The van der Waals surface area contributed by atoms with Gasteiger partial charge < -0.3 is 10.4 Å². The number of nitrogens with one attached hydrogen (secondary N) is 1. The van der Waals surface area contributed by atoms with Crippen molar-refractivity contribution in [2.24, 2.45) is 0 Å². The van der Waals surface area contributed by atoms with E-state index in [0.29, 0.717) is 10.6 Å². The predicted octanol–water partition coefficient (Wildman–Crippen LogP) is 1.89. The molecule has 1 heterocycles. The summed E-state index contributed by atoms with van der Waals surface area (Å²) in [6, 6.07) is 7.04. The van der Waals surface area contributed by atoms with Crippen molar-refractivity contribution in [3.05, 3.63) is 46.4 Å². The molecule has 0 radical (unpaired) electrons. The van der Waals surface area contributed by atoms with Gasteiger partial charge in [-0.2, -0.15) is 0 Å². The van der Waals surface area contributed by atoms with Gasteiger partial charge in [0.1, 0.15) is 4.88 Å². The largest absolute Gasteiger partial charge is 0.392 e. The standard InChI is InChI=1S/C11H10N2O2S/c14-6-8-1-3-9(4-2-8)13-11(15)10-5-12-7-16-10/h1-5,7,14H,6H2,(H,13,15). The minimum Gasteiger partial charge on any atom is -0.392 e. The molecule has 0 aliphatic carbocycles. The van der Waals surface area contributed by atoms with Gasteiger partial charge in [0.15, 0.2) is 0 Å². The Morgan fingerprint density at radius 2 is 2.12 bits per heavy atom. The number of hydrogen-bond donors (Lipinski definition) is 2. The molecule has 2 rings (SSSR count). The summed E-state index contributed by atoms with van der Waals surface area (Å²) < 4.78 is 0. The second kappa shape index (κ2) is 4.87. The van der Waals surface area contributed by atoms with Gasteiger partial charge in [-0.3, -0.25) is 9.78 Å². The summed E-state index contributed by atoms with van der Waals surface area (Å²) in [6.45, 7) is 0.00305. The molecule has 1 amide bonds. The monoisotopic (exact) mass is 234 g/mol. The Bertz CT molecular complexity index is 465. The number of aliphatic hydroxyl groups is 1. The molecule has 0 spiro atoms. The third-order valence-electron chi connectivity index (χ3n) is 2.05. The number of carbonyl (C=O) groups excluding carboxylic acids is 1. The van der Waals surface area contributed by atoms with E-state index in [1.165, 1.54) is 17.5 Å². The molecule has 0 unspecified atom stereocenters. The van der Waals surface area contributed by atoms with Crippen molar-refractivity contribution in [3.8, 4) is 0 Å². The van der Waals surface area contributed by atoms with Crippen molar-refractivity contribution < 1.29 is 9.90 Å². The number of carbonyl (C=O) groups is 1. The number of anilines is 1. The van der Waals surface area contributed by atoms with E-state index in [0.717, 1.165) is 5.56 Å². The molecule has 2 N–H and O–H groups in total. The van der Waals surface area contributed by atoms with Crippen LogP contribution < -0.4 is 5.32 Å². The summed E-state index contributed by atoms with van der Waals surface area (Å²) in [4.78, 5) is 16.1. The molecule has 2 aromatic rings. The van der Waals surface area contributed by atoms with Crippen LogP contribution in [0.25, 0.3) is 0 Å². The highest BCUT2D eigenvalue weighted by Crippen LogP contribution is 2.13. The van der Waals surface area contributed by atoms with Crippen LogP contribution in [0.15, 0.2) is 36.0 Å². The van der Waals surface area contributed by atoms with E-state index in [1.807, 2.05) is 0 Å². The minimum absolute atomic E-state index is 0.00305. The highest BCUT2D eigenvalue weighted by molar-refractivity contribution is 7.11. The maximum absolute atomic E-state index is 11.6. The fraction of sp³-hybridized carbons (Fsp3) is 0.0909. The molecule has 0 fully saturated rings. The molecule has 0 saturated heterocycles. The Morgan fingerprint density at radius 3 is 2.69 bits per heavy atom. The van der Waals surface area contributed by atoms with Gasteiger partial charge in [-0.15, -0.1) is 11.3 Å². The van der Waals surface area contributed by atoms with Crippen molar-refractivity contribution in [3.63, 3.8) is 0 Å². The normalized spacial score (nSPS) is 10.1. The Kier molecular flexibility index (Phi) is 3.28. The maximum atomic E-state index is 11.6. The van der Waals surface area contributed by atoms with Crippen LogP contribution in [0.3, 0.4) is 0 Å². The summed E-state index contributed by atoms with van der Waals surface area (Å²) in [5, 5.41) is 11.6. The summed E-state index contributed by atoms with van der Waals surface area (Å²) in [7, 11) is 0. The number of nitrogens with zero attached hydrogens (tertiary/aromatic N) is 1. The summed E-state index contributed by atoms with van der Waals surface area (Å²) in [6.07, 6.45) is 1.53. The minimum atomic E-state index is -0.167. The maximum Gasteiger partial charge on any atom is 0.267 e. The first-order valence-corrected chi connectivity index (χ1v) is 5.57. The van der Waals surface area contributed by atoms with Crippen LogP contribution in [0, 0.1) is 0 Å². The van der Waals surface area contributed by atoms with E-state index in [-0.39, 0.29) is 12.5 Å². The molecule has 4 nitrogen and oxygen atoms in total. The quantitative estimate of drug-likeness (QED) is 0.852. The topological polar surface area (TPSA) is 62.2 Å². The molecular formula is C11H10N2O2S. The van der Waals surface area contributed by atoms with Gasteiger partial charge >= 0.3 is 0 Å². The lowest BCUT2D eigenvalue weighted by Crippen LogP contribution is -2.09. The second-order valence-electron chi connectivity index (χ2n) is 3.17. The lowest BCUT2D eigenvalue weighted by atomic mass is 10.2. The van der Waals surface area contributed by atoms with Crippen molar-refractivity contribution >= 4 is 22.9 Å². The fourth-order valence-electron chi connectivity index (χ4n) is 1.21. The van der Waals surface area contributed by atoms with Crippen LogP contribution in [-0.2, 0) is 6.61 Å². The molecule has 0 bridgehead atoms. The van der Waals surface area contributed by atoms with Gasteiger partial charge in [0.25, 0.3) is 5.91 Å². The SMILES string of the molecule is O=C(Nc1ccc(CO)cc1)c1cncs1. The second-order valence-corrected chi connectivity index (χ2v) is 4.06. The van der Waals surface area contributed by atoms with E-state index < -0.39 is 0 Å². The van der Waals surface area contributed by atoms with E-state index in [4.69, 9.17) is 5.11 Å². The fourth-order valence-corrected chi connectivity index (χ4v) is 1.73. The van der Waals surface area contributed by atoms with Gasteiger partial charge in [-0.1, -0.05) is 12.1 Å². The number of aromatic nitrogens is 1. The third kappa shape index (κ3) is 2.44. The lowest BCUT2D eigenvalue weighted by molar-refractivity contribution is 0.103. The zero-order valence-corrected chi connectivity index (χ0v) is 9.20. The molecule has 82 valence electrons. The molecule has 0 saturated carbocycles. The van der Waals surface area contributed by atoms with Crippen molar-refractivity contribution in [1.82, 2.24) is 4.98 Å². The van der Waals surface area contributed by atoms with Crippen LogP contribution in [0.1, 0.15) is 15.2 Å². The van der Waals surface area contributed by atoms with Gasteiger partial charge in [0.2, 0.25) is 0 Å². The van der Waals surface area contributed by atoms with Crippen LogP contribution in [0.5, 0.6) is 0 Å². The van der Waals surface area contributed by atoms with Gasteiger partial charge in [-0.25, -0.2) is 0 Å². The number of amides is 1. The summed E-state index contributed by atoms with van der Waals surface area (Å²) >= 11 is 1.29. The first kappa shape index (κ1) is 10.8. The number of aliphatic hydroxyl groups excluding tert-OH is 1. The molecular weight excluding hydrogens is 224 g/mol. The summed E-state index contributed by atoms with van der Waals surface area (Å²) in [5.74, 6) is -0.167. The van der Waals surface area contributed by atoms with E-state index in [9.17, 15) is 4.79 Å². The first-order chi connectivity index (χ1) is 7.79. The number of rotatable bonds is 3. The highest BCUT2D eigenvalue weighted by Gasteiger charge is 2.06. The van der Waals surface area contributed by atoms with Crippen molar-refractivity contribution in [2.45, 2.75) is 6.61 Å².